The summed E-state index contributed by atoms with van der Waals surface area (Å²) in [6.45, 7) is 3.07. The van der Waals surface area contributed by atoms with Crippen molar-refractivity contribution in [2.45, 2.75) is 25.8 Å². The lowest BCUT2D eigenvalue weighted by molar-refractivity contribution is -0.127. The van der Waals surface area contributed by atoms with Gasteiger partial charge >= 0.3 is 0 Å². The molecule has 1 aliphatic rings. The number of likely N-dealkylation sites (tertiary alicyclic amines) is 1. The quantitative estimate of drug-likeness (QED) is 0.650. The first-order valence-corrected chi connectivity index (χ1v) is 10.8. The highest BCUT2D eigenvalue weighted by atomic mass is 35.5. The van der Waals surface area contributed by atoms with Crippen molar-refractivity contribution in [2.24, 2.45) is 5.92 Å². The maximum Gasteiger partial charge on any atom is 0.253 e. The molecule has 0 aliphatic carbocycles. The van der Waals surface area contributed by atoms with E-state index in [1.807, 2.05) is 42.0 Å². The standard InChI is InChI=1S/C24H25ClN4O2/c1-17(18-6-10-22(11-7-18)29-14-12-26-16-29)27-23(30)20-3-2-13-28(15-20)24(31)19-4-8-21(25)9-5-19/h4-12,14,16-17,20H,2-3,13,15H2,1H3,(H,27,30)/t17-,20+/m1/s1. The molecule has 0 radical (unpaired) electrons. The number of hydrogen-bond acceptors (Lipinski definition) is 3. The number of aromatic nitrogens is 2. The van der Waals surface area contributed by atoms with Crippen LogP contribution in [-0.2, 0) is 4.79 Å². The number of piperidine rings is 1. The third kappa shape index (κ3) is 4.97. The molecule has 0 spiro atoms. The molecule has 1 N–H and O–H groups in total. The van der Waals surface area contributed by atoms with Gasteiger partial charge in [0.2, 0.25) is 5.91 Å². The molecular weight excluding hydrogens is 412 g/mol. The zero-order chi connectivity index (χ0) is 21.8. The summed E-state index contributed by atoms with van der Waals surface area (Å²) < 4.78 is 1.93. The molecule has 0 bridgehead atoms. The summed E-state index contributed by atoms with van der Waals surface area (Å²) in [4.78, 5) is 31.5. The Morgan fingerprint density at radius 2 is 1.87 bits per heavy atom. The van der Waals surface area contributed by atoms with Crippen molar-refractivity contribution < 1.29 is 9.59 Å². The number of hydrogen-bond donors (Lipinski definition) is 1. The number of rotatable bonds is 5. The first-order chi connectivity index (χ1) is 15.0. The number of nitrogens with zero attached hydrogens (tertiary/aromatic N) is 3. The fourth-order valence-corrected chi connectivity index (χ4v) is 4.04. The molecular formula is C24H25ClN4O2. The summed E-state index contributed by atoms with van der Waals surface area (Å²) in [7, 11) is 0. The minimum Gasteiger partial charge on any atom is -0.349 e. The molecule has 1 aromatic heterocycles. The number of amides is 2. The number of imidazole rings is 1. The molecule has 1 fully saturated rings. The molecule has 0 saturated carbocycles. The van der Waals surface area contributed by atoms with Gasteiger partial charge in [-0.1, -0.05) is 23.7 Å². The van der Waals surface area contributed by atoms with Crippen molar-refractivity contribution in [1.29, 1.82) is 0 Å². The van der Waals surface area contributed by atoms with Gasteiger partial charge in [-0.2, -0.15) is 0 Å². The average Bonchev–Trinajstić information content (AvgIpc) is 3.34. The Hall–Kier alpha value is -3.12. The number of carbonyl (C=O) groups excluding carboxylic acids is 2. The molecule has 2 heterocycles. The van der Waals surface area contributed by atoms with Crippen LogP contribution in [0.25, 0.3) is 5.69 Å². The Labute approximate surface area is 186 Å². The molecule has 3 aromatic rings. The zero-order valence-electron chi connectivity index (χ0n) is 17.4. The highest BCUT2D eigenvalue weighted by Gasteiger charge is 2.29. The molecule has 1 saturated heterocycles. The molecule has 7 heteroatoms. The normalized spacial score (nSPS) is 17.2. The SMILES string of the molecule is C[C@@H](NC(=O)[C@H]1CCCN(C(=O)c2ccc(Cl)cc2)C1)c1ccc(-n2ccnc2)cc1. The number of benzene rings is 2. The van der Waals surface area contributed by atoms with Gasteiger partial charge in [-0.15, -0.1) is 0 Å². The van der Waals surface area contributed by atoms with E-state index in [0.717, 1.165) is 24.1 Å². The van der Waals surface area contributed by atoms with Gasteiger partial charge in [0.05, 0.1) is 18.3 Å². The molecule has 4 rings (SSSR count). The summed E-state index contributed by atoms with van der Waals surface area (Å²) in [5.41, 5.74) is 2.64. The van der Waals surface area contributed by atoms with E-state index in [9.17, 15) is 9.59 Å². The van der Waals surface area contributed by atoms with Crippen molar-refractivity contribution in [3.05, 3.63) is 83.4 Å². The highest BCUT2D eigenvalue weighted by Crippen LogP contribution is 2.22. The molecule has 6 nitrogen and oxygen atoms in total. The Bertz CT molecular complexity index is 1030. The second-order valence-electron chi connectivity index (χ2n) is 7.89. The Morgan fingerprint density at radius 1 is 1.13 bits per heavy atom. The van der Waals surface area contributed by atoms with E-state index in [0.29, 0.717) is 23.7 Å². The van der Waals surface area contributed by atoms with Gasteiger partial charge in [-0.3, -0.25) is 9.59 Å². The maximum atomic E-state index is 12.9. The second kappa shape index (κ2) is 9.35. The van der Waals surface area contributed by atoms with Crippen LogP contribution in [0, 0.1) is 5.92 Å². The maximum absolute atomic E-state index is 12.9. The van der Waals surface area contributed by atoms with Gasteiger partial charge in [-0.25, -0.2) is 4.98 Å². The number of halogens is 1. The summed E-state index contributed by atoms with van der Waals surface area (Å²) in [6.07, 6.45) is 6.97. The van der Waals surface area contributed by atoms with Crippen molar-refractivity contribution >= 4 is 23.4 Å². The third-order valence-corrected chi connectivity index (χ3v) is 5.98. The van der Waals surface area contributed by atoms with E-state index < -0.39 is 0 Å². The largest absolute Gasteiger partial charge is 0.349 e. The van der Waals surface area contributed by atoms with Crippen molar-refractivity contribution in [1.82, 2.24) is 19.8 Å². The monoisotopic (exact) mass is 436 g/mol. The van der Waals surface area contributed by atoms with Gasteiger partial charge in [0.25, 0.3) is 5.91 Å². The predicted molar refractivity (Wildman–Crippen MR) is 120 cm³/mol. The lowest BCUT2D eigenvalue weighted by atomic mass is 9.95. The van der Waals surface area contributed by atoms with Gasteiger partial charge in [0, 0.05) is 41.8 Å². The van der Waals surface area contributed by atoms with E-state index in [2.05, 4.69) is 10.3 Å². The lowest BCUT2D eigenvalue weighted by Crippen LogP contribution is -2.45. The van der Waals surface area contributed by atoms with Crippen LogP contribution in [0.4, 0.5) is 0 Å². The second-order valence-corrected chi connectivity index (χ2v) is 8.33. The zero-order valence-corrected chi connectivity index (χ0v) is 18.1. The third-order valence-electron chi connectivity index (χ3n) is 5.72. The predicted octanol–water partition coefficient (Wildman–Crippen LogP) is 4.26. The van der Waals surface area contributed by atoms with Crippen LogP contribution in [0.3, 0.4) is 0 Å². The molecule has 2 aromatic carbocycles. The fourth-order valence-electron chi connectivity index (χ4n) is 3.91. The Morgan fingerprint density at radius 3 is 2.55 bits per heavy atom. The van der Waals surface area contributed by atoms with Crippen LogP contribution in [-0.4, -0.2) is 39.4 Å². The highest BCUT2D eigenvalue weighted by molar-refractivity contribution is 6.30. The Kier molecular flexibility index (Phi) is 6.37. The summed E-state index contributed by atoms with van der Waals surface area (Å²) in [5.74, 6) is -0.283. The van der Waals surface area contributed by atoms with E-state index in [-0.39, 0.29) is 23.8 Å². The van der Waals surface area contributed by atoms with Gasteiger partial charge in [0.1, 0.15) is 0 Å². The Balaban J connectivity index is 1.36. The summed E-state index contributed by atoms with van der Waals surface area (Å²) in [5, 5.41) is 3.71. The first-order valence-electron chi connectivity index (χ1n) is 10.4. The van der Waals surface area contributed by atoms with Crippen LogP contribution >= 0.6 is 11.6 Å². The molecule has 31 heavy (non-hydrogen) atoms. The summed E-state index contributed by atoms with van der Waals surface area (Å²) in [6, 6.07) is 14.8. The lowest BCUT2D eigenvalue weighted by Gasteiger charge is -2.32. The number of nitrogens with one attached hydrogen (secondary N) is 1. The molecule has 2 atom stereocenters. The smallest absolute Gasteiger partial charge is 0.253 e. The van der Waals surface area contributed by atoms with Crippen LogP contribution in [0.2, 0.25) is 5.02 Å². The van der Waals surface area contributed by atoms with Crippen LogP contribution in [0.5, 0.6) is 0 Å². The fraction of sp³-hybridized carbons (Fsp3) is 0.292. The topological polar surface area (TPSA) is 67.2 Å². The molecule has 1 aliphatic heterocycles. The van der Waals surface area contributed by atoms with E-state index in [4.69, 9.17) is 11.6 Å². The van der Waals surface area contributed by atoms with Crippen molar-refractivity contribution in [3.63, 3.8) is 0 Å². The summed E-state index contributed by atoms with van der Waals surface area (Å²) >= 11 is 5.92. The van der Waals surface area contributed by atoms with Crippen molar-refractivity contribution in [2.75, 3.05) is 13.1 Å². The first kappa shape index (κ1) is 21.1. The average molecular weight is 437 g/mol. The molecule has 2 amide bonds. The molecule has 0 unspecified atom stereocenters. The minimum absolute atomic E-state index is 0.0141. The molecule has 160 valence electrons. The van der Waals surface area contributed by atoms with E-state index in [1.54, 1.807) is 41.7 Å². The number of carbonyl (C=O) groups is 2. The minimum atomic E-state index is -0.210. The van der Waals surface area contributed by atoms with Crippen LogP contribution in [0.1, 0.15) is 41.7 Å². The van der Waals surface area contributed by atoms with Crippen LogP contribution < -0.4 is 5.32 Å². The van der Waals surface area contributed by atoms with Gasteiger partial charge in [0.15, 0.2) is 0 Å². The van der Waals surface area contributed by atoms with E-state index in [1.165, 1.54) is 0 Å². The van der Waals surface area contributed by atoms with Crippen molar-refractivity contribution in [3.8, 4) is 5.69 Å². The van der Waals surface area contributed by atoms with Crippen LogP contribution in [0.15, 0.2) is 67.3 Å². The van der Waals surface area contributed by atoms with E-state index >= 15 is 0 Å². The van der Waals surface area contributed by atoms with Gasteiger partial charge in [-0.05, 0) is 61.7 Å². The van der Waals surface area contributed by atoms with Gasteiger partial charge < -0.3 is 14.8 Å².